The number of nitrogens with zero attached hydrogens (tertiary/aromatic N) is 1. The van der Waals surface area contributed by atoms with Crippen molar-refractivity contribution < 1.29 is 15.3 Å². The summed E-state index contributed by atoms with van der Waals surface area (Å²) in [7, 11) is 0. The number of hydrogen-bond donors (Lipinski definition) is 4. The number of hydrogen-bond acceptors (Lipinski definition) is 5. The molecule has 16 heavy (non-hydrogen) atoms. The highest BCUT2D eigenvalue weighted by molar-refractivity contribution is 4.79. The Balaban J connectivity index is 0. The average molecular weight is 236 g/mol. The highest BCUT2D eigenvalue weighted by Gasteiger charge is 2.19. The molecular formula is C11H28N2O3. The molecule has 0 fully saturated rings. The standard InChI is InChI=1S/C6H15NO.C5H13NO2/c1-4-7(5-2)6(3)8;1-2-5(6,3-7)4-8/h6,8H,4-5H2,1-3H3;7-8H,2-4,6H2,1H3. The summed E-state index contributed by atoms with van der Waals surface area (Å²) in [6.07, 6.45) is 0.310. The van der Waals surface area contributed by atoms with Gasteiger partial charge in [-0.05, 0) is 26.4 Å². The van der Waals surface area contributed by atoms with Crippen LogP contribution in [-0.2, 0) is 0 Å². The van der Waals surface area contributed by atoms with Gasteiger partial charge < -0.3 is 21.1 Å². The summed E-state index contributed by atoms with van der Waals surface area (Å²) in [5, 5.41) is 25.9. The van der Waals surface area contributed by atoms with Crippen molar-refractivity contribution in [1.82, 2.24) is 4.90 Å². The Kier molecular flexibility index (Phi) is 11.3. The maximum atomic E-state index is 8.94. The second-order valence-electron chi connectivity index (χ2n) is 3.89. The molecule has 0 saturated heterocycles. The van der Waals surface area contributed by atoms with Gasteiger partial charge in [0.05, 0.1) is 18.8 Å². The summed E-state index contributed by atoms with van der Waals surface area (Å²) in [5.74, 6) is 0. The van der Waals surface area contributed by atoms with Gasteiger partial charge in [0, 0.05) is 0 Å². The predicted molar refractivity (Wildman–Crippen MR) is 66.0 cm³/mol. The summed E-state index contributed by atoms with van der Waals surface area (Å²) in [6.45, 7) is 9.23. The van der Waals surface area contributed by atoms with E-state index < -0.39 is 5.54 Å². The zero-order valence-corrected chi connectivity index (χ0v) is 11.0. The Morgan fingerprint density at radius 1 is 1.12 bits per heavy atom. The van der Waals surface area contributed by atoms with E-state index in [1.54, 1.807) is 6.92 Å². The van der Waals surface area contributed by atoms with Crippen molar-refractivity contribution in [3.05, 3.63) is 0 Å². The average Bonchev–Trinajstić information content (AvgIpc) is 2.30. The lowest BCUT2D eigenvalue weighted by Gasteiger charge is -2.21. The maximum absolute atomic E-state index is 8.94. The molecule has 0 aliphatic heterocycles. The maximum Gasteiger partial charge on any atom is 0.104 e. The van der Waals surface area contributed by atoms with Crippen molar-refractivity contribution in [2.75, 3.05) is 26.3 Å². The molecule has 0 radical (unpaired) electrons. The Bertz CT molecular complexity index is 138. The van der Waals surface area contributed by atoms with Gasteiger partial charge in [0.1, 0.15) is 6.23 Å². The van der Waals surface area contributed by atoms with Gasteiger partial charge in [-0.3, -0.25) is 4.90 Å². The predicted octanol–water partition coefficient (Wildman–Crippen LogP) is -0.255. The van der Waals surface area contributed by atoms with E-state index in [9.17, 15) is 0 Å². The Labute approximate surface area is 98.9 Å². The summed E-state index contributed by atoms with van der Waals surface area (Å²) >= 11 is 0. The van der Waals surface area contributed by atoms with Gasteiger partial charge in [0.15, 0.2) is 0 Å². The summed E-state index contributed by atoms with van der Waals surface area (Å²) in [6, 6.07) is 0. The van der Waals surface area contributed by atoms with Gasteiger partial charge in [0.25, 0.3) is 0 Å². The SMILES string of the molecule is CCC(N)(CO)CO.CCN(CC)C(C)O. The first-order chi connectivity index (χ1) is 7.40. The highest BCUT2D eigenvalue weighted by Crippen LogP contribution is 2.01. The first-order valence-corrected chi connectivity index (χ1v) is 5.83. The van der Waals surface area contributed by atoms with Gasteiger partial charge in [-0.2, -0.15) is 0 Å². The highest BCUT2D eigenvalue weighted by atomic mass is 16.3. The third-order valence-corrected chi connectivity index (χ3v) is 2.67. The fourth-order valence-corrected chi connectivity index (χ4v) is 1.03. The lowest BCUT2D eigenvalue weighted by atomic mass is 10.0. The van der Waals surface area contributed by atoms with Crippen LogP contribution < -0.4 is 5.73 Å². The van der Waals surface area contributed by atoms with Crippen molar-refractivity contribution in [2.45, 2.75) is 45.9 Å². The minimum Gasteiger partial charge on any atom is -0.394 e. The Hall–Kier alpha value is -0.200. The van der Waals surface area contributed by atoms with Gasteiger partial charge in [-0.1, -0.05) is 20.8 Å². The lowest BCUT2D eigenvalue weighted by molar-refractivity contribution is 0.0265. The number of nitrogens with two attached hydrogens (primary N) is 1. The molecule has 0 aliphatic carbocycles. The van der Waals surface area contributed by atoms with Gasteiger partial charge in [-0.15, -0.1) is 0 Å². The van der Waals surface area contributed by atoms with Crippen LogP contribution in [0.25, 0.3) is 0 Å². The molecule has 0 aromatic heterocycles. The first kappa shape index (κ1) is 18.2. The molecule has 5 nitrogen and oxygen atoms in total. The Morgan fingerprint density at radius 2 is 1.50 bits per heavy atom. The molecule has 0 aliphatic rings. The molecule has 100 valence electrons. The van der Waals surface area contributed by atoms with E-state index in [1.807, 2.05) is 25.7 Å². The lowest BCUT2D eigenvalue weighted by Crippen LogP contribution is -2.46. The Morgan fingerprint density at radius 3 is 1.50 bits per heavy atom. The molecule has 5 N–H and O–H groups in total. The molecule has 0 aromatic carbocycles. The minimum absolute atomic E-state index is 0.153. The second-order valence-corrected chi connectivity index (χ2v) is 3.89. The van der Waals surface area contributed by atoms with Crippen LogP contribution in [0.3, 0.4) is 0 Å². The van der Waals surface area contributed by atoms with E-state index in [1.165, 1.54) is 0 Å². The topological polar surface area (TPSA) is 90.0 Å². The normalized spacial score (nSPS) is 13.3. The quantitative estimate of drug-likeness (QED) is 0.477. The summed E-state index contributed by atoms with van der Waals surface area (Å²) < 4.78 is 0. The van der Waals surface area contributed by atoms with E-state index >= 15 is 0 Å². The molecule has 5 heteroatoms. The fourth-order valence-electron chi connectivity index (χ4n) is 1.03. The third-order valence-electron chi connectivity index (χ3n) is 2.67. The van der Waals surface area contributed by atoms with Crippen molar-refractivity contribution in [2.24, 2.45) is 5.73 Å². The fraction of sp³-hybridized carbons (Fsp3) is 1.00. The van der Waals surface area contributed by atoms with Crippen LogP contribution in [-0.4, -0.2) is 58.3 Å². The first-order valence-electron chi connectivity index (χ1n) is 5.83. The van der Waals surface area contributed by atoms with Crippen molar-refractivity contribution in [3.63, 3.8) is 0 Å². The van der Waals surface area contributed by atoms with Gasteiger partial charge in [0.2, 0.25) is 0 Å². The van der Waals surface area contributed by atoms with Crippen LogP contribution in [0.2, 0.25) is 0 Å². The van der Waals surface area contributed by atoms with Crippen LogP contribution >= 0.6 is 0 Å². The summed E-state index contributed by atoms with van der Waals surface area (Å²) in [5.41, 5.74) is 4.63. The van der Waals surface area contributed by atoms with E-state index in [2.05, 4.69) is 0 Å². The minimum atomic E-state index is -0.764. The van der Waals surface area contributed by atoms with Crippen molar-refractivity contribution >= 4 is 0 Å². The van der Waals surface area contributed by atoms with Crippen molar-refractivity contribution in [1.29, 1.82) is 0 Å². The zero-order chi connectivity index (χ0) is 13.2. The number of aliphatic hydroxyl groups is 3. The smallest absolute Gasteiger partial charge is 0.104 e. The largest absolute Gasteiger partial charge is 0.394 e. The molecule has 0 saturated carbocycles. The van der Waals surface area contributed by atoms with E-state index in [4.69, 9.17) is 21.1 Å². The monoisotopic (exact) mass is 236 g/mol. The third kappa shape index (κ3) is 8.01. The van der Waals surface area contributed by atoms with Crippen LogP contribution in [0, 0.1) is 0 Å². The molecule has 0 rings (SSSR count). The van der Waals surface area contributed by atoms with Crippen LogP contribution in [0.15, 0.2) is 0 Å². The van der Waals surface area contributed by atoms with Crippen LogP contribution in [0.4, 0.5) is 0 Å². The van der Waals surface area contributed by atoms with Crippen LogP contribution in [0.5, 0.6) is 0 Å². The zero-order valence-electron chi connectivity index (χ0n) is 11.0. The molecule has 1 atom stereocenters. The van der Waals surface area contributed by atoms with E-state index in [0.29, 0.717) is 6.42 Å². The van der Waals surface area contributed by atoms with Crippen molar-refractivity contribution in [3.8, 4) is 0 Å². The van der Waals surface area contributed by atoms with E-state index in [-0.39, 0.29) is 19.4 Å². The molecule has 0 amide bonds. The number of rotatable bonds is 6. The molecule has 0 heterocycles. The molecule has 1 unspecified atom stereocenters. The van der Waals surface area contributed by atoms with Crippen LogP contribution in [0.1, 0.15) is 34.1 Å². The molecular weight excluding hydrogens is 208 g/mol. The number of aliphatic hydroxyl groups excluding tert-OH is 3. The van der Waals surface area contributed by atoms with E-state index in [0.717, 1.165) is 13.1 Å². The molecule has 0 bridgehead atoms. The molecule has 0 spiro atoms. The second kappa shape index (κ2) is 9.99. The summed E-state index contributed by atoms with van der Waals surface area (Å²) in [4.78, 5) is 1.97. The van der Waals surface area contributed by atoms with Gasteiger partial charge in [-0.25, -0.2) is 0 Å². The van der Waals surface area contributed by atoms with Gasteiger partial charge >= 0.3 is 0 Å². The molecule has 0 aromatic rings.